The van der Waals surface area contributed by atoms with Gasteiger partial charge in [0.15, 0.2) is 5.82 Å². The minimum atomic E-state index is 0.437. The SMILES string of the molecule is CCc1cnc(NCc2nc(CSC)no2)nc1. The third-order valence-corrected chi connectivity index (χ3v) is 2.84. The van der Waals surface area contributed by atoms with Crippen molar-refractivity contribution >= 4 is 17.7 Å². The number of nitrogens with zero attached hydrogens (tertiary/aromatic N) is 4. The zero-order chi connectivity index (χ0) is 12.8. The minimum Gasteiger partial charge on any atom is -0.345 e. The first-order chi connectivity index (χ1) is 8.81. The number of hydrogen-bond acceptors (Lipinski definition) is 7. The number of nitrogens with one attached hydrogen (secondary N) is 1. The summed E-state index contributed by atoms with van der Waals surface area (Å²) in [5, 5.41) is 6.90. The Bertz CT molecular complexity index is 484. The molecule has 0 fully saturated rings. The van der Waals surface area contributed by atoms with E-state index in [1.807, 2.05) is 18.6 Å². The molecule has 0 saturated carbocycles. The molecular formula is C11H15N5OS. The maximum Gasteiger partial charge on any atom is 0.246 e. The van der Waals surface area contributed by atoms with Crippen LogP contribution >= 0.6 is 11.8 Å². The van der Waals surface area contributed by atoms with Crippen LogP contribution in [-0.4, -0.2) is 26.4 Å². The van der Waals surface area contributed by atoms with Crippen LogP contribution in [0, 0.1) is 0 Å². The van der Waals surface area contributed by atoms with Crippen molar-refractivity contribution in [1.29, 1.82) is 0 Å². The predicted molar refractivity (Wildman–Crippen MR) is 70.3 cm³/mol. The van der Waals surface area contributed by atoms with Crippen LogP contribution < -0.4 is 5.32 Å². The average molecular weight is 265 g/mol. The first-order valence-electron chi connectivity index (χ1n) is 5.67. The van der Waals surface area contributed by atoms with E-state index in [0.717, 1.165) is 17.7 Å². The molecule has 18 heavy (non-hydrogen) atoms. The van der Waals surface area contributed by atoms with Crippen LogP contribution in [0.4, 0.5) is 5.95 Å². The lowest BCUT2D eigenvalue weighted by Crippen LogP contribution is -2.04. The lowest BCUT2D eigenvalue weighted by atomic mass is 10.3. The minimum absolute atomic E-state index is 0.437. The molecule has 2 heterocycles. The van der Waals surface area contributed by atoms with Crippen molar-refractivity contribution in [2.24, 2.45) is 0 Å². The maximum absolute atomic E-state index is 5.09. The van der Waals surface area contributed by atoms with Gasteiger partial charge in [0, 0.05) is 12.4 Å². The molecule has 7 heteroatoms. The van der Waals surface area contributed by atoms with Crippen molar-refractivity contribution in [2.75, 3.05) is 11.6 Å². The highest BCUT2D eigenvalue weighted by Crippen LogP contribution is 2.07. The van der Waals surface area contributed by atoms with E-state index in [4.69, 9.17) is 4.52 Å². The van der Waals surface area contributed by atoms with Gasteiger partial charge in [-0.25, -0.2) is 9.97 Å². The number of hydrogen-bond donors (Lipinski definition) is 1. The second-order valence-electron chi connectivity index (χ2n) is 3.66. The fourth-order valence-electron chi connectivity index (χ4n) is 1.33. The number of anilines is 1. The van der Waals surface area contributed by atoms with Crippen molar-refractivity contribution < 1.29 is 4.52 Å². The van der Waals surface area contributed by atoms with Crippen LogP contribution in [-0.2, 0) is 18.7 Å². The van der Waals surface area contributed by atoms with Gasteiger partial charge in [-0.15, -0.1) is 0 Å². The molecule has 2 aromatic rings. The van der Waals surface area contributed by atoms with Crippen LogP contribution in [0.15, 0.2) is 16.9 Å². The highest BCUT2D eigenvalue weighted by molar-refractivity contribution is 7.97. The van der Waals surface area contributed by atoms with E-state index in [9.17, 15) is 0 Å². The van der Waals surface area contributed by atoms with E-state index in [2.05, 4.69) is 32.3 Å². The molecule has 2 aromatic heterocycles. The lowest BCUT2D eigenvalue weighted by Gasteiger charge is -2.01. The Hall–Kier alpha value is -1.63. The second kappa shape index (κ2) is 6.34. The molecular weight excluding hydrogens is 250 g/mol. The molecule has 0 atom stereocenters. The first-order valence-corrected chi connectivity index (χ1v) is 7.06. The van der Waals surface area contributed by atoms with Crippen molar-refractivity contribution in [3.05, 3.63) is 29.7 Å². The van der Waals surface area contributed by atoms with E-state index >= 15 is 0 Å². The smallest absolute Gasteiger partial charge is 0.246 e. The number of rotatable bonds is 6. The third-order valence-electron chi connectivity index (χ3n) is 2.29. The van der Waals surface area contributed by atoms with Gasteiger partial charge in [0.2, 0.25) is 11.8 Å². The Balaban J connectivity index is 1.89. The summed E-state index contributed by atoms with van der Waals surface area (Å²) in [5.74, 6) is 2.58. The monoisotopic (exact) mass is 265 g/mol. The van der Waals surface area contributed by atoms with Crippen LogP contribution in [0.25, 0.3) is 0 Å². The molecule has 0 aromatic carbocycles. The molecule has 0 aliphatic rings. The van der Waals surface area contributed by atoms with Gasteiger partial charge in [-0.3, -0.25) is 0 Å². The second-order valence-corrected chi connectivity index (χ2v) is 4.53. The summed E-state index contributed by atoms with van der Waals surface area (Å²) >= 11 is 1.66. The molecule has 0 spiro atoms. The molecule has 0 amide bonds. The summed E-state index contributed by atoms with van der Waals surface area (Å²) in [5.41, 5.74) is 1.11. The third kappa shape index (κ3) is 3.43. The zero-order valence-corrected chi connectivity index (χ0v) is 11.2. The topological polar surface area (TPSA) is 76.7 Å². The zero-order valence-electron chi connectivity index (χ0n) is 10.4. The summed E-state index contributed by atoms with van der Waals surface area (Å²) in [4.78, 5) is 12.6. The van der Waals surface area contributed by atoms with Crippen LogP contribution in [0.5, 0.6) is 0 Å². The summed E-state index contributed by atoms with van der Waals surface area (Å²) in [7, 11) is 0. The molecule has 2 rings (SSSR count). The molecule has 0 bridgehead atoms. The average Bonchev–Trinajstić information content (AvgIpc) is 2.85. The number of thioether (sulfide) groups is 1. The van der Waals surface area contributed by atoms with Crippen molar-refractivity contribution in [3.63, 3.8) is 0 Å². The Morgan fingerprint density at radius 2 is 2.11 bits per heavy atom. The molecule has 0 radical (unpaired) electrons. The fourth-order valence-corrected chi connectivity index (χ4v) is 1.71. The van der Waals surface area contributed by atoms with E-state index in [1.165, 1.54) is 0 Å². The molecule has 0 saturated heterocycles. The summed E-state index contributed by atoms with van der Waals surface area (Å²) in [6.45, 7) is 2.50. The standard InChI is InChI=1S/C11H15N5OS/c1-3-8-4-12-11(13-5-8)14-6-10-15-9(7-18-2)16-17-10/h4-5H,3,6-7H2,1-2H3,(H,12,13,14). The molecule has 1 N–H and O–H groups in total. The first kappa shape index (κ1) is 12.8. The highest BCUT2D eigenvalue weighted by atomic mass is 32.2. The molecule has 96 valence electrons. The van der Waals surface area contributed by atoms with E-state index in [1.54, 1.807) is 11.8 Å². The van der Waals surface area contributed by atoms with Gasteiger partial charge < -0.3 is 9.84 Å². The normalized spacial score (nSPS) is 10.6. The van der Waals surface area contributed by atoms with E-state index in [0.29, 0.717) is 24.2 Å². The lowest BCUT2D eigenvalue weighted by molar-refractivity contribution is 0.379. The van der Waals surface area contributed by atoms with Crippen LogP contribution in [0.2, 0.25) is 0 Å². The molecule has 0 aliphatic heterocycles. The molecule has 6 nitrogen and oxygen atoms in total. The van der Waals surface area contributed by atoms with Crippen molar-refractivity contribution in [3.8, 4) is 0 Å². The number of aromatic nitrogens is 4. The number of aryl methyl sites for hydroxylation is 1. The van der Waals surface area contributed by atoms with Gasteiger partial charge in [0.05, 0.1) is 12.3 Å². The maximum atomic E-state index is 5.09. The van der Waals surface area contributed by atoms with E-state index < -0.39 is 0 Å². The van der Waals surface area contributed by atoms with Gasteiger partial charge in [-0.1, -0.05) is 12.1 Å². The Labute approximate surface area is 110 Å². The van der Waals surface area contributed by atoms with Gasteiger partial charge >= 0.3 is 0 Å². The summed E-state index contributed by atoms with van der Waals surface area (Å²) < 4.78 is 5.09. The predicted octanol–water partition coefficient (Wildman–Crippen LogP) is 1.90. The van der Waals surface area contributed by atoms with Gasteiger partial charge in [0.1, 0.15) is 0 Å². The Morgan fingerprint density at radius 3 is 2.78 bits per heavy atom. The van der Waals surface area contributed by atoms with Crippen molar-refractivity contribution in [1.82, 2.24) is 20.1 Å². The van der Waals surface area contributed by atoms with Crippen LogP contribution in [0.1, 0.15) is 24.2 Å². The largest absolute Gasteiger partial charge is 0.345 e. The molecule has 0 aliphatic carbocycles. The van der Waals surface area contributed by atoms with Gasteiger partial charge in [-0.05, 0) is 18.2 Å². The van der Waals surface area contributed by atoms with Crippen LogP contribution in [0.3, 0.4) is 0 Å². The Morgan fingerprint density at radius 1 is 1.33 bits per heavy atom. The highest BCUT2D eigenvalue weighted by Gasteiger charge is 2.05. The van der Waals surface area contributed by atoms with Crippen molar-refractivity contribution in [2.45, 2.75) is 25.6 Å². The quantitative estimate of drug-likeness (QED) is 0.854. The van der Waals surface area contributed by atoms with E-state index in [-0.39, 0.29) is 0 Å². The Kier molecular flexibility index (Phi) is 4.52. The molecule has 0 unspecified atom stereocenters. The van der Waals surface area contributed by atoms with Gasteiger partial charge in [0.25, 0.3) is 0 Å². The fraction of sp³-hybridized carbons (Fsp3) is 0.455. The summed E-state index contributed by atoms with van der Waals surface area (Å²) in [6, 6.07) is 0. The summed E-state index contributed by atoms with van der Waals surface area (Å²) in [6.07, 6.45) is 6.55. The van der Waals surface area contributed by atoms with Gasteiger partial charge in [-0.2, -0.15) is 16.7 Å².